The molecule has 0 heterocycles. The molecule has 0 aliphatic carbocycles. The van der Waals surface area contributed by atoms with Crippen molar-refractivity contribution in [2.45, 2.75) is 32.9 Å². The number of carbonyl (C=O) groups is 2. The molecule has 0 aliphatic heterocycles. The first-order chi connectivity index (χ1) is 9.01. The van der Waals surface area contributed by atoms with E-state index in [9.17, 15) is 14.0 Å². The maximum absolute atomic E-state index is 13.6. The van der Waals surface area contributed by atoms with Crippen molar-refractivity contribution in [2.24, 2.45) is 0 Å². The Labute approximate surface area is 112 Å². The molecule has 5 heteroatoms. The van der Waals surface area contributed by atoms with Gasteiger partial charge in [0.05, 0.1) is 0 Å². The summed E-state index contributed by atoms with van der Waals surface area (Å²) in [6.45, 7) is 3.44. The van der Waals surface area contributed by atoms with Crippen LogP contribution in [0, 0.1) is 5.82 Å². The first-order valence-electron chi connectivity index (χ1n) is 6.25. The third-order valence-electron chi connectivity index (χ3n) is 3.01. The molecule has 0 radical (unpaired) electrons. The normalized spacial score (nSPS) is 11.8. The van der Waals surface area contributed by atoms with Crippen LogP contribution in [0.15, 0.2) is 24.3 Å². The summed E-state index contributed by atoms with van der Waals surface area (Å²) >= 11 is 0. The summed E-state index contributed by atoms with van der Waals surface area (Å²) in [6, 6.07) is 5.62. The highest BCUT2D eigenvalue weighted by molar-refractivity contribution is 5.87. The Balaban J connectivity index is 2.96. The highest BCUT2D eigenvalue weighted by Crippen LogP contribution is 2.13. The van der Waals surface area contributed by atoms with Gasteiger partial charge in [-0.15, -0.1) is 0 Å². The topological polar surface area (TPSA) is 49.4 Å². The van der Waals surface area contributed by atoms with Crippen molar-refractivity contribution in [2.75, 3.05) is 7.05 Å². The zero-order valence-electron chi connectivity index (χ0n) is 11.4. The molecular formula is C14H19FN2O2. The van der Waals surface area contributed by atoms with Crippen molar-refractivity contribution in [3.63, 3.8) is 0 Å². The number of carbonyl (C=O) groups excluding carboxylic acids is 2. The van der Waals surface area contributed by atoms with Gasteiger partial charge in [-0.2, -0.15) is 0 Å². The predicted molar refractivity (Wildman–Crippen MR) is 70.8 cm³/mol. The fraction of sp³-hybridized carbons (Fsp3) is 0.429. The molecule has 104 valence electrons. The maximum Gasteiger partial charge on any atom is 0.242 e. The molecule has 0 spiro atoms. The minimum absolute atomic E-state index is 0.0912. The molecule has 1 atom stereocenters. The summed E-state index contributed by atoms with van der Waals surface area (Å²) < 4.78 is 13.6. The molecule has 0 unspecified atom stereocenters. The van der Waals surface area contributed by atoms with Crippen LogP contribution in [0.3, 0.4) is 0 Å². The van der Waals surface area contributed by atoms with Crippen molar-refractivity contribution in [1.82, 2.24) is 10.2 Å². The summed E-state index contributed by atoms with van der Waals surface area (Å²) in [5.74, 6) is -0.821. The van der Waals surface area contributed by atoms with Crippen LogP contribution in [0.1, 0.15) is 25.8 Å². The minimum Gasteiger partial charge on any atom is -0.357 e. The lowest BCUT2D eigenvalue weighted by molar-refractivity contribution is -0.140. The van der Waals surface area contributed by atoms with E-state index in [0.29, 0.717) is 5.56 Å². The van der Waals surface area contributed by atoms with Crippen molar-refractivity contribution < 1.29 is 14.0 Å². The van der Waals surface area contributed by atoms with E-state index in [-0.39, 0.29) is 30.6 Å². The number of amides is 2. The molecule has 1 rings (SSSR count). The van der Waals surface area contributed by atoms with Crippen LogP contribution in [0.2, 0.25) is 0 Å². The molecule has 0 fully saturated rings. The number of likely N-dealkylation sites (N-methyl/N-ethyl adjacent to an activating group) is 1. The number of halogens is 1. The van der Waals surface area contributed by atoms with Crippen LogP contribution in [0.5, 0.6) is 0 Å². The fourth-order valence-corrected chi connectivity index (χ4v) is 1.80. The average Bonchev–Trinajstić information content (AvgIpc) is 2.44. The molecule has 1 N–H and O–H groups in total. The largest absolute Gasteiger partial charge is 0.357 e. The van der Waals surface area contributed by atoms with E-state index in [1.54, 1.807) is 32.0 Å². The van der Waals surface area contributed by atoms with Crippen LogP contribution in [-0.2, 0) is 16.1 Å². The van der Waals surface area contributed by atoms with E-state index >= 15 is 0 Å². The maximum atomic E-state index is 13.6. The zero-order chi connectivity index (χ0) is 14.4. The van der Waals surface area contributed by atoms with Gasteiger partial charge in [-0.3, -0.25) is 9.59 Å². The fourth-order valence-electron chi connectivity index (χ4n) is 1.80. The Morgan fingerprint density at radius 3 is 2.53 bits per heavy atom. The van der Waals surface area contributed by atoms with Gasteiger partial charge in [0, 0.05) is 25.6 Å². The van der Waals surface area contributed by atoms with Gasteiger partial charge in [-0.05, 0) is 13.0 Å². The van der Waals surface area contributed by atoms with Crippen molar-refractivity contribution in [1.29, 1.82) is 0 Å². The summed E-state index contributed by atoms with van der Waals surface area (Å²) in [6.07, 6.45) is 0.274. The third kappa shape index (κ3) is 3.77. The number of hydrogen-bond donors (Lipinski definition) is 1. The second-order valence-corrected chi connectivity index (χ2v) is 4.26. The summed E-state index contributed by atoms with van der Waals surface area (Å²) in [7, 11) is 1.51. The molecule has 2 amide bonds. The van der Waals surface area contributed by atoms with Crippen LogP contribution < -0.4 is 5.32 Å². The summed E-state index contributed by atoms with van der Waals surface area (Å²) in [4.78, 5) is 24.9. The molecule has 0 aliphatic rings. The van der Waals surface area contributed by atoms with Gasteiger partial charge < -0.3 is 10.2 Å². The van der Waals surface area contributed by atoms with Gasteiger partial charge in [-0.25, -0.2) is 4.39 Å². The number of rotatable bonds is 5. The van der Waals surface area contributed by atoms with E-state index in [2.05, 4.69) is 5.32 Å². The SMILES string of the molecule is CCC(=O)N(Cc1ccccc1F)[C@H](C)C(=O)NC. The lowest BCUT2D eigenvalue weighted by Gasteiger charge is -2.28. The molecule has 0 saturated carbocycles. The monoisotopic (exact) mass is 266 g/mol. The summed E-state index contributed by atoms with van der Waals surface area (Å²) in [5, 5.41) is 2.50. The van der Waals surface area contributed by atoms with Crippen LogP contribution >= 0.6 is 0 Å². The Morgan fingerprint density at radius 1 is 1.37 bits per heavy atom. The molecule has 19 heavy (non-hydrogen) atoms. The Bertz CT molecular complexity index is 463. The molecule has 0 aromatic heterocycles. The highest BCUT2D eigenvalue weighted by Gasteiger charge is 2.24. The predicted octanol–water partition coefficient (Wildman–Crippen LogP) is 1.70. The molecule has 0 bridgehead atoms. The van der Waals surface area contributed by atoms with Crippen molar-refractivity contribution in [3.05, 3.63) is 35.6 Å². The van der Waals surface area contributed by atoms with Gasteiger partial charge in [-0.1, -0.05) is 25.1 Å². The molecule has 0 saturated heterocycles. The first kappa shape index (κ1) is 15.1. The van der Waals surface area contributed by atoms with Gasteiger partial charge in [0.2, 0.25) is 11.8 Å². The molecule has 1 aromatic carbocycles. The van der Waals surface area contributed by atoms with E-state index in [4.69, 9.17) is 0 Å². The number of nitrogens with one attached hydrogen (secondary N) is 1. The van der Waals surface area contributed by atoms with Crippen LogP contribution in [0.4, 0.5) is 4.39 Å². The second-order valence-electron chi connectivity index (χ2n) is 4.26. The number of benzene rings is 1. The Kier molecular flexibility index (Phi) is 5.48. The van der Waals surface area contributed by atoms with Gasteiger partial charge in [0.25, 0.3) is 0 Å². The number of hydrogen-bond acceptors (Lipinski definition) is 2. The van der Waals surface area contributed by atoms with E-state index in [0.717, 1.165) is 0 Å². The van der Waals surface area contributed by atoms with Crippen molar-refractivity contribution in [3.8, 4) is 0 Å². The van der Waals surface area contributed by atoms with E-state index < -0.39 is 6.04 Å². The van der Waals surface area contributed by atoms with Crippen LogP contribution in [-0.4, -0.2) is 29.8 Å². The van der Waals surface area contributed by atoms with Crippen molar-refractivity contribution >= 4 is 11.8 Å². The highest BCUT2D eigenvalue weighted by atomic mass is 19.1. The second kappa shape index (κ2) is 6.87. The average molecular weight is 266 g/mol. The molecule has 1 aromatic rings. The first-order valence-corrected chi connectivity index (χ1v) is 6.25. The third-order valence-corrected chi connectivity index (χ3v) is 3.01. The standard InChI is InChI=1S/C14H19FN2O2/c1-4-13(18)17(10(2)14(19)16-3)9-11-7-5-6-8-12(11)15/h5-8,10H,4,9H2,1-3H3,(H,16,19)/t10-/m1/s1. The Morgan fingerprint density at radius 2 is 2.00 bits per heavy atom. The number of nitrogens with zero attached hydrogens (tertiary/aromatic N) is 1. The quantitative estimate of drug-likeness (QED) is 0.882. The van der Waals surface area contributed by atoms with E-state index in [1.165, 1.54) is 18.0 Å². The van der Waals surface area contributed by atoms with Gasteiger partial charge in [0.1, 0.15) is 11.9 Å². The van der Waals surface area contributed by atoms with Crippen LogP contribution in [0.25, 0.3) is 0 Å². The lowest BCUT2D eigenvalue weighted by atomic mass is 10.1. The minimum atomic E-state index is -0.628. The zero-order valence-corrected chi connectivity index (χ0v) is 11.4. The van der Waals surface area contributed by atoms with Gasteiger partial charge >= 0.3 is 0 Å². The smallest absolute Gasteiger partial charge is 0.242 e. The van der Waals surface area contributed by atoms with E-state index in [1.807, 2.05) is 0 Å². The Hall–Kier alpha value is -1.91. The van der Waals surface area contributed by atoms with Gasteiger partial charge in [0.15, 0.2) is 0 Å². The molecule has 4 nitrogen and oxygen atoms in total. The lowest BCUT2D eigenvalue weighted by Crippen LogP contribution is -2.46. The summed E-state index contributed by atoms with van der Waals surface area (Å²) in [5.41, 5.74) is 0.403. The molecular weight excluding hydrogens is 247 g/mol.